The summed E-state index contributed by atoms with van der Waals surface area (Å²) < 4.78 is 7.36. The molecule has 2 aromatic heterocycles. The summed E-state index contributed by atoms with van der Waals surface area (Å²) in [7, 11) is 0. The van der Waals surface area contributed by atoms with Gasteiger partial charge in [-0.3, -0.25) is 0 Å². The highest BCUT2D eigenvalue weighted by Gasteiger charge is 2.44. The van der Waals surface area contributed by atoms with Crippen molar-refractivity contribution < 1.29 is 20.1 Å². The molecule has 0 bridgehead atoms. The van der Waals surface area contributed by atoms with Crippen LogP contribution in [0.3, 0.4) is 0 Å². The molecule has 1 aliphatic heterocycles. The van der Waals surface area contributed by atoms with Gasteiger partial charge in [-0.2, -0.15) is 0 Å². The largest absolute Gasteiger partial charge is 0.394 e. The Morgan fingerprint density at radius 1 is 1.00 bits per heavy atom. The average Bonchev–Trinajstić information content (AvgIpc) is 3.26. The smallest absolute Gasteiger partial charge is 0.164 e. The SMILES string of the molecule is Nc1ncnc2c1c(-c1cccc3ccccc13)cn2[C@@H]1O[C@H](CO)C(O)[C@@H]1O. The van der Waals surface area contributed by atoms with Gasteiger partial charge in [-0.25, -0.2) is 9.97 Å². The minimum Gasteiger partial charge on any atom is -0.394 e. The van der Waals surface area contributed by atoms with Crippen molar-refractivity contribution in [3.8, 4) is 11.1 Å². The van der Waals surface area contributed by atoms with Crippen LogP contribution in [0.15, 0.2) is 55.0 Å². The minimum atomic E-state index is -1.22. The van der Waals surface area contributed by atoms with Crippen LogP contribution in [0.2, 0.25) is 0 Å². The maximum Gasteiger partial charge on any atom is 0.164 e. The van der Waals surface area contributed by atoms with Crippen molar-refractivity contribution in [3.63, 3.8) is 0 Å². The highest BCUT2D eigenvalue weighted by Crippen LogP contribution is 2.40. The Labute approximate surface area is 165 Å². The molecule has 4 atom stereocenters. The van der Waals surface area contributed by atoms with Crippen LogP contribution in [-0.2, 0) is 4.74 Å². The number of nitrogen functional groups attached to an aromatic ring is 1. The fourth-order valence-electron chi connectivity index (χ4n) is 4.08. The zero-order valence-corrected chi connectivity index (χ0v) is 15.4. The Bertz CT molecular complexity index is 1200. The van der Waals surface area contributed by atoms with E-state index in [-0.39, 0.29) is 0 Å². The van der Waals surface area contributed by atoms with Gasteiger partial charge in [-0.1, -0.05) is 42.5 Å². The Hall–Kier alpha value is -3.04. The number of aromatic nitrogens is 3. The zero-order valence-electron chi connectivity index (χ0n) is 15.4. The summed E-state index contributed by atoms with van der Waals surface area (Å²) in [4.78, 5) is 8.50. The third-order valence-corrected chi connectivity index (χ3v) is 5.51. The Balaban J connectivity index is 1.76. The number of rotatable bonds is 3. The number of nitrogens with two attached hydrogens (primary N) is 1. The number of hydrogen-bond donors (Lipinski definition) is 4. The van der Waals surface area contributed by atoms with E-state index < -0.39 is 31.1 Å². The van der Waals surface area contributed by atoms with Gasteiger partial charge < -0.3 is 30.4 Å². The van der Waals surface area contributed by atoms with E-state index in [1.54, 1.807) is 10.8 Å². The summed E-state index contributed by atoms with van der Waals surface area (Å²) in [5, 5.41) is 32.9. The zero-order chi connectivity index (χ0) is 20.1. The van der Waals surface area contributed by atoms with Gasteiger partial charge >= 0.3 is 0 Å². The Morgan fingerprint density at radius 3 is 2.59 bits per heavy atom. The molecule has 5 N–H and O–H groups in total. The number of nitrogens with zero attached hydrogens (tertiary/aromatic N) is 3. The van der Waals surface area contributed by atoms with Crippen molar-refractivity contribution >= 4 is 27.6 Å². The second-order valence-electron chi connectivity index (χ2n) is 7.16. The summed E-state index contributed by atoms with van der Waals surface area (Å²) >= 11 is 0. The van der Waals surface area contributed by atoms with E-state index in [1.807, 2.05) is 42.5 Å². The van der Waals surface area contributed by atoms with Crippen LogP contribution < -0.4 is 5.73 Å². The molecule has 0 amide bonds. The van der Waals surface area contributed by atoms with E-state index in [0.717, 1.165) is 21.9 Å². The summed E-state index contributed by atoms with van der Waals surface area (Å²) in [5.41, 5.74) is 8.43. The lowest BCUT2D eigenvalue weighted by atomic mass is 9.98. The molecule has 0 radical (unpaired) electrons. The maximum absolute atomic E-state index is 10.5. The molecule has 8 nitrogen and oxygen atoms in total. The Morgan fingerprint density at radius 2 is 1.79 bits per heavy atom. The van der Waals surface area contributed by atoms with Crippen molar-refractivity contribution in [1.82, 2.24) is 14.5 Å². The topological polar surface area (TPSA) is 127 Å². The van der Waals surface area contributed by atoms with Crippen molar-refractivity contribution in [2.24, 2.45) is 0 Å². The molecule has 1 saturated heterocycles. The monoisotopic (exact) mass is 392 g/mol. The van der Waals surface area contributed by atoms with Crippen molar-refractivity contribution in [2.45, 2.75) is 24.5 Å². The molecule has 1 fully saturated rings. The van der Waals surface area contributed by atoms with Gasteiger partial charge in [0.15, 0.2) is 6.23 Å². The van der Waals surface area contributed by atoms with E-state index >= 15 is 0 Å². The highest BCUT2D eigenvalue weighted by molar-refractivity contribution is 6.07. The molecular weight excluding hydrogens is 372 g/mol. The summed E-state index contributed by atoms with van der Waals surface area (Å²) in [6.07, 6.45) is -1.07. The molecule has 3 heterocycles. The average molecular weight is 392 g/mol. The number of ether oxygens (including phenoxy) is 1. The van der Waals surface area contributed by atoms with Crippen LogP contribution in [0.4, 0.5) is 5.82 Å². The van der Waals surface area contributed by atoms with Gasteiger partial charge in [0, 0.05) is 11.8 Å². The highest BCUT2D eigenvalue weighted by atomic mass is 16.6. The lowest BCUT2D eigenvalue weighted by Crippen LogP contribution is -2.33. The van der Waals surface area contributed by atoms with Gasteiger partial charge in [-0.05, 0) is 16.3 Å². The third kappa shape index (κ3) is 2.69. The Kier molecular flexibility index (Phi) is 4.21. The fraction of sp³-hybridized carbons (Fsp3) is 0.238. The first kappa shape index (κ1) is 18.0. The molecule has 4 aromatic rings. The van der Waals surface area contributed by atoms with Gasteiger partial charge in [0.2, 0.25) is 0 Å². The maximum atomic E-state index is 10.5. The molecule has 2 aromatic carbocycles. The molecule has 1 unspecified atom stereocenters. The first-order valence-corrected chi connectivity index (χ1v) is 9.31. The predicted molar refractivity (Wildman–Crippen MR) is 108 cm³/mol. The van der Waals surface area contributed by atoms with Crippen LogP contribution in [0.1, 0.15) is 6.23 Å². The second-order valence-corrected chi connectivity index (χ2v) is 7.16. The van der Waals surface area contributed by atoms with E-state index in [2.05, 4.69) is 9.97 Å². The minimum absolute atomic E-state index is 0.309. The molecule has 8 heteroatoms. The second kappa shape index (κ2) is 6.78. The molecule has 5 rings (SSSR count). The molecule has 148 valence electrons. The van der Waals surface area contributed by atoms with Gasteiger partial charge in [0.1, 0.15) is 36.1 Å². The molecule has 29 heavy (non-hydrogen) atoms. The number of hydrogen-bond acceptors (Lipinski definition) is 7. The van der Waals surface area contributed by atoms with E-state index in [0.29, 0.717) is 16.9 Å². The number of benzene rings is 2. The van der Waals surface area contributed by atoms with Gasteiger partial charge in [0.05, 0.1) is 12.0 Å². The van der Waals surface area contributed by atoms with E-state index in [4.69, 9.17) is 10.5 Å². The van der Waals surface area contributed by atoms with Gasteiger partial charge in [-0.15, -0.1) is 0 Å². The number of fused-ring (bicyclic) bond motifs is 2. The number of aliphatic hydroxyl groups is 3. The van der Waals surface area contributed by atoms with Crippen LogP contribution in [0.25, 0.3) is 32.9 Å². The van der Waals surface area contributed by atoms with Crippen LogP contribution in [-0.4, -0.2) is 54.8 Å². The quantitative estimate of drug-likeness (QED) is 0.416. The van der Waals surface area contributed by atoms with Crippen molar-refractivity contribution in [1.29, 1.82) is 0 Å². The third-order valence-electron chi connectivity index (χ3n) is 5.51. The van der Waals surface area contributed by atoms with Crippen molar-refractivity contribution in [3.05, 3.63) is 55.0 Å². The lowest BCUT2D eigenvalue weighted by Gasteiger charge is -2.17. The standard InChI is InChI=1S/C21H20N4O4/c22-19-16-14(13-7-3-5-11-4-1-2-6-12(11)13)8-25(20(16)24-10-23-19)21-18(28)17(27)15(9-26)29-21/h1-8,10,15,17-18,21,26-28H,9H2,(H2,22,23,24)/t15-,17?,18+,21-/m1/s1. The van der Waals surface area contributed by atoms with Gasteiger partial charge in [0.25, 0.3) is 0 Å². The van der Waals surface area contributed by atoms with Crippen LogP contribution >= 0.6 is 0 Å². The summed E-state index contributed by atoms with van der Waals surface area (Å²) in [6.45, 7) is -0.402. The summed E-state index contributed by atoms with van der Waals surface area (Å²) in [5.74, 6) is 0.309. The first-order valence-electron chi connectivity index (χ1n) is 9.31. The lowest BCUT2D eigenvalue weighted by molar-refractivity contribution is -0.0508. The fourth-order valence-corrected chi connectivity index (χ4v) is 4.08. The van der Waals surface area contributed by atoms with E-state index in [1.165, 1.54) is 6.33 Å². The molecule has 0 spiro atoms. The van der Waals surface area contributed by atoms with Crippen LogP contribution in [0.5, 0.6) is 0 Å². The first-order chi connectivity index (χ1) is 14.1. The molecule has 0 saturated carbocycles. The van der Waals surface area contributed by atoms with E-state index in [9.17, 15) is 15.3 Å². The van der Waals surface area contributed by atoms with Crippen LogP contribution in [0, 0.1) is 0 Å². The molecular formula is C21H20N4O4. The number of aliphatic hydroxyl groups excluding tert-OH is 3. The number of anilines is 1. The normalized spacial score (nSPS) is 24.5. The molecule has 0 aliphatic carbocycles. The van der Waals surface area contributed by atoms with Crippen molar-refractivity contribution in [2.75, 3.05) is 12.3 Å². The molecule has 1 aliphatic rings. The summed E-state index contributed by atoms with van der Waals surface area (Å²) in [6, 6.07) is 14.0. The predicted octanol–water partition coefficient (Wildman–Crippen LogP) is 1.45.